The molecule has 7 heteroatoms. The van der Waals surface area contributed by atoms with E-state index < -0.39 is 10.4 Å². The molecule has 1 aliphatic heterocycles. The van der Waals surface area contributed by atoms with Crippen molar-refractivity contribution >= 4 is 10.4 Å². The monoisotopic (exact) mass is 537 g/mol. The number of ether oxygens (including phenoxy) is 1. The van der Waals surface area contributed by atoms with Gasteiger partial charge in [-0.3, -0.25) is 4.55 Å². The highest BCUT2D eigenvalue weighted by Gasteiger charge is 2.53. The summed E-state index contributed by atoms with van der Waals surface area (Å²) in [5, 5.41) is 0. The van der Waals surface area contributed by atoms with Gasteiger partial charge in [-0.15, -0.1) is 0 Å². The Labute approximate surface area is 226 Å². The van der Waals surface area contributed by atoms with Gasteiger partial charge in [0.2, 0.25) is 0 Å². The van der Waals surface area contributed by atoms with Gasteiger partial charge in [-0.1, -0.05) is 83.6 Å². The van der Waals surface area contributed by atoms with Crippen molar-refractivity contribution < 1.29 is 21.9 Å². The van der Waals surface area contributed by atoms with Gasteiger partial charge in [-0.05, 0) is 74.9 Å². The molecule has 0 spiro atoms. The van der Waals surface area contributed by atoms with Crippen molar-refractivity contribution in [2.75, 3.05) is 27.3 Å². The summed E-state index contributed by atoms with van der Waals surface area (Å²) in [4.78, 5) is 2.63. The van der Waals surface area contributed by atoms with E-state index in [0.717, 1.165) is 30.6 Å². The van der Waals surface area contributed by atoms with Crippen LogP contribution in [0.5, 0.6) is 5.75 Å². The van der Waals surface area contributed by atoms with Crippen LogP contribution in [-0.2, 0) is 26.4 Å². The molecule has 6 nitrogen and oxygen atoms in total. The van der Waals surface area contributed by atoms with Gasteiger partial charge >= 0.3 is 10.4 Å². The Bertz CT molecular complexity index is 921. The first-order valence-corrected chi connectivity index (χ1v) is 16.2. The molecular weight excluding hydrogens is 486 g/mol. The van der Waals surface area contributed by atoms with Crippen molar-refractivity contribution in [2.45, 2.75) is 121 Å². The summed E-state index contributed by atoms with van der Waals surface area (Å²) in [6.07, 6.45) is 20.1. The van der Waals surface area contributed by atoms with E-state index in [2.05, 4.69) is 41.3 Å². The summed E-state index contributed by atoms with van der Waals surface area (Å²) < 4.78 is 38.5. The van der Waals surface area contributed by atoms with Gasteiger partial charge in [0.15, 0.2) is 0 Å². The number of likely N-dealkylation sites (N-methyl/N-ethyl adjacent to an activating group) is 1. The smallest absolute Gasteiger partial charge is 0.397 e. The second-order valence-electron chi connectivity index (χ2n) is 11.5. The second-order valence-corrected chi connectivity index (χ2v) is 12.6. The number of unbranched alkanes of at least 4 members (excludes halogenated alkanes) is 9. The van der Waals surface area contributed by atoms with Crippen LogP contribution in [0.2, 0.25) is 0 Å². The van der Waals surface area contributed by atoms with Crippen LogP contribution in [0.1, 0.15) is 114 Å². The van der Waals surface area contributed by atoms with Crippen LogP contribution in [0.25, 0.3) is 0 Å². The molecule has 1 aromatic rings. The Morgan fingerprint density at radius 1 is 1.00 bits per heavy atom. The van der Waals surface area contributed by atoms with Gasteiger partial charge in [0.05, 0.1) is 13.7 Å². The molecule has 2 aliphatic carbocycles. The Kier molecular flexibility index (Phi) is 12.2. The van der Waals surface area contributed by atoms with E-state index in [1.807, 2.05) is 0 Å². The standard InChI is InChI=1S/C18H25NO.C12H26O4S/c1-19-10-9-18-8-4-3-5-15(18)17(19)11-13-6-7-14(20-2)12-16(13)18;1-2-3-4-5-6-7-8-9-10-11-12-16-17(13,14)15/h6-7,12,15,17H,3-5,8-11H2,1-2H3;2-12H2,1H3,(H,13,14,15)/t15-,17+,18+;/m1./s1. The van der Waals surface area contributed by atoms with Gasteiger partial charge in [0.1, 0.15) is 5.75 Å². The number of hydrogen-bond donors (Lipinski definition) is 1. The first kappa shape index (κ1) is 30.4. The van der Waals surface area contributed by atoms with Crippen LogP contribution in [-0.4, -0.2) is 51.2 Å². The summed E-state index contributed by atoms with van der Waals surface area (Å²) in [6.45, 7) is 3.57. The van der Waals surface area contributed by atoms with E-state index in [1.54, 1.807) is 18.2 Å². The summed E-state index contributed by atoms with van der Waals surface area (Å²) in [5.41, 5.74) is 3.67. The molecule has 3 aliphatic rings. The van der Waals surface area contributed by atoms with Gasteiger partial charge in [0, 0.05) is 11.5 Å². The minimum Gasteiger partial charge on any atom is -0.497 e. The molecule has 4 rings (SSSR count). The Morgan fingerprint density at radius 3 is 2.32 bits per heavy atom. The zero-order valence-corrected chi connectivity index (χ0v) is 24.4. The lowest BCUT2D eigenvalue weighted by molar-refractivity contribution is 0.00274. The topological polar surface area (TPSA) is 76.1 Å². The number of methoxy groups -OCH3 is 1. The summed E-state index contributed by atoms with van der Waals surface area (Å²) >= 11 is 0. The Hall–Kier alpha value is -1.15. The molecule has 0 amide bonds. The number of rotatable bonds is 13. The molecule has 1 N–H and O–H groups in total. The highest BCUT2D eigenvalue weighted by atomic mass is 32.3. The third kappa shape index (κ3) is 8.67. The molecule has 0 unspecified atom stereocenters. The molecule has 2 fully saturated rings. The number of likely N-dealkylation sites (tertiary alicyclic amines) is 1. The van der Waals surface area contributed by atoms with Crippen LogP contribution in [0.4, 0.5) is 0 Å². The summed E-state index contributed by atoms with van der Waals surface area (Å²) in [6, 6.07) is 7.60. The zero-order valence-electron chi connectivity index (χ0n) is 23.6. The normalized spacial score (nSPS) is 25.0. The molecule has 0 aromatic heterocycles. The molecule has 1 saturated heterocycles. The van der Waals surface area contributed by atoms with Crippen molar-refractivity contribution in [1.29, 1.82) is 0 Å². The predicted octanol–water partition coefficient (Wildman–Crippen LogP) is 7.11. The first-order chi connectivity index (χ1) is 17.8. The maximum absolute atomic E-state index is 10.2. The van der Waals surface area contributed by atoms with Crippen molar-refractivity contribution in [3.05, 3.63) is 29.3 Å². The van der Waals surface area contributed by atoms with E-state index in [4.69, 9.17) is 9.29 Å². The third-order valence-electron chi connectivity index (χ3n) is 9.05. The minimum atomic E-state index is -4.23. The van der Waals surface area contributed by atoms with Crippen molar-refractivity contribution in [3.63, 3.8) is 0 Å². The average Bonchev–Trinajstić information content (AvgIpc) is 2.89. The largest absolute Gasteiger partial charge is 0.497 e. The van der Waals surface area contributed by atoms with E-state index in [0.29, 0.717) is 11.8 Å². The predicted molar refractivity (Wildman–Crippen MR) is 151 cm³/mol. The summed E-state index contributed by atoms with van der Waals surface area (Å²) in [7, 11) is -0.114. The number of hydrogen-bond acceptors (Lipinski definition) is 5. The minimum absolute atomic E-state index is 0.0926. The maximum Gasteiger partial charge on any atom is 0.397 e. The molecule has 3 atom stereocenters. The fourth-order valence-corrected chi connectivity index (χ4v) is 7.39. The highest BCUT2D eigenvalue weighted by Crippen LogP contribution is 2.55. The zero-order chi connectivity index (χ0) is 26.7. The van der Waals surface area contributed by atoms with Gasteiger partial charge < -0.3 is 9.64 Å². The van der Waals surface area contributed by atoms with Crippen LogP contribution < -0.4 is 4.74 Å². The molecule has 2 bridgehead atoms. The molecule has 1 saturated carbocycles. The fourth-order valence-electron chi connectivity index (χ4n) is 7.06. The van der Waals surface area contributed by atoms with Crippen LogP contribution >= 0.6 is 0 Å². The molecule has 0 radical (unpaired) electrons. The van der Waals surface area contributed by atoms with Crippen molar-refractivity contribution in [3.8, 4) is 5.75 Å². The number of nitrogens with zero attached hydrogens (tertiary/aromatic N) is 1. The lowest BCUT2D eigenvalue weighted by Crippen LogP contribution is -2.59. The van der Waals surface area contributed by atoms with Crippen LogP contribution in [0, 0.1) is 5.92 Å². The quantitative estimate of drug-likeness (QED) is 0.213. The van der Waals surface area contributed by atoms with Crippen molar-refractivity contribution in [1.82, 2.24) is 4.90 Å². The van der Waals surface area contributed by atoms with E-state index in [1.165, 1.54) is 90.0 Å². The Balaban J connectivity index is 0.000000210. The molecule has 37 heavy (non-hydrogen) atoms. The summed E-state index contributed by atoms with van der Waals surface area (Å²) in [5.74, 6) is 1.91. The fraction of sp³-hybridized carbons (Fsp3) is 0.800. The second kappa shape index (κ2) is 14.9. The van der Waals surface area contributed by atoms with E-state index in [9.17, 15) is 8.42 Å². The van der Waals surface area contributed by atoms with E-state index in [-0.39, 0.29) is 6.61 Å². The third-order valence-corrected chi connectivity index (χ3v) is 9.52. The van der Waals surface area contributed by atoms with Crippen LogP contribution in [0.3, 0.4) is 0 Å². The lowest BCUT2D eigenvalue weighted by atomic mass is 9.52. The van der Waals surface area contributed by atoms with Gasteiger partial charge in [0.25, 0.3) is 0 Å². The lowest BCUT2D eigenvalue weighted by Gasteiger charge is -2.58. The molecule has 1 aromatic carbocycles. The van der Waals surface area contributed by atoms with Crippen molar-refractivity contribution in [2.24, 2.45) is 5.92 Å². The van der Waals surface area contributed by atoms with Gasteiger partial charge in [-0.25, -0.2) is 4.18 Å². The number of piperidine rings is 1. The highest BCUT2D eigenvalue weighted by molar-refractivity contribution is 7.80. The van der Waals surface area contributed by atoms with Crippen LogP contribution in [0.15, 0.2) is 18.2 Å². The van der Waals surface area contributed by atoms with E-state index >= 15 is 0 Å². The molecule has 212 valence electrons. The molecule has 1 heterocycles. The SMILES string of the molecule is CCCCCCCCCCCCOS(=O)(=O)O.COc1ccc2c(c1)[C@]13CCCC[C@@H]1[C@H](C2)N(C)CC3. The first-order valence-electron chi connectivity index (χ1n) is 14.8. The Morgan fingerprint density at radius 2 is 1.68 bits per heavy atom. The average molecular weight is 538 g/mol. The van der Waals surface area contributed by atoms with Gasteiger partial charge in [-0.2, -0.15) is 8.42 Å². The number of benzene rings is 1. The maximum atomic E-state index is 10.2. The molecular formula is C30H51NO5S. The number of fused-ring (bicyclic) bond motifs is 1.